The highest BCUT2D eigenvalue weighted by Gasteiger charge is 2.09. The van der Waals surface area contributed by atoms with Crippen LogP contribution in [0.5, 0.6) is 11.6 Å². The molecule has 6 heteroatoms. The van der Waals surface area contributed by atoms with Gasteiger partial charge in [-0.05, 0) is 34.1 Å². The minimum absolute atomic E-state index is 0.270. The van der Waals surface area contributed by atoms with Crippen molar-refractivity contribution in [2.24, 2.45) is 0 Å². The maximum atomic E-state index is 8.77. The van der Waals surface area contributed by atoms with E-state index in [4.69, 9.17) is 21.6 Å². The van der Waals surface area contributed by atoms with E-state index in [0.29, 0.717) is 21.7 Å². The molecule has 0 saturated heterocycles. The van der Waals surface area contributed by atoms with Crippen LogP contribution in [-0.2, 0) is 0 Å². The summed E-state index contributed by atoms with van der Waals surface area (Å²) in [4.78, 5) is 7.73. The molecule has 84 valence electrons. The van der Waals surface area contributed by atoms with Gasteiger partial charge < -0.3 is 4.74 Å². The molecule has 0 aliphatic carbocycles. The van der Waals surface area contributed by atoms with Crippen LogP contribution in [0.25, 0.3) is 0 Å². The zero-order valence-electron chi connectivity index (χ0n) is 8.39. The number of hydrogen-bond acceptors (Lipinski definition) is 4. The Morgan fingerprint density at radius 1 is 1.35 bits per heavy atom. The molecule has 1 aromatic carbocycles. The van der Waals surface area contributed by atoms with Crippen molar-refractivity contribution in [3.05, 3.63) is 45.8 Å². The van der Waals surface area contributed by atoms with E-state index in [2.05, 4.69) is 25.9 Å². The second-order valence-corrected chi connectivity index (χ2v) is 4.18. The SMILES string of the molecule is N#Cc1cccc(Oc2ncnc(Cl)c2Br)c1. The Bertz CT molecular complexity index is 598. The fourth-order valence-electron chi connectivity index (χ4n) is 1.15. The number of ether oxygens (including phenoxy) is 1. The summed E-state index contributed by atoms with van der Waals surface area (Å²) in [6.07, 6.45) is 1.30. The van der Waals surface area contributed by atoms with Crippen molar-refractivity contribution in [1.82, 2.24) is 9.97 Å². The van der Waals surface area contributed by atoms with E-state index in [1.165, 1.54) is 6.33 Å². The van der Waals surface area contributed by atoms with Gasteiger partial charge in [-0.25, -0.2) is 9.97 Å². The van der Waals surface area contributed by atoms with Gasteiger partial charge in [0.25, 0.3) is 0 Å². The second-order valence-electron chi connectivity index (χ2n) is 3.03. The van der Waals surface area contributed by atoms with E-state index in [1.807, 2.05) is 6.07 Å². The van der Waals surface area contributed by atoms with Gasteiger partial charge in [-0.3, -0.25) is 0 Å². The highest BCUT2D eigenvalue weighted by Crippen LogP contribution is 2.31. The average Bonchev–Trinajstić information content (AvgIpc) is 2.35. The number of nitrogens with zero attached hydrogens (tertiary/aromatic N) is 3. The van der Waals surface area contributed by atoms with Gasteiger partial charge in [0.05, 0.1) is 11.6 Å². The summed E-state index contributed by atoms with van der Waals surface area (Å²) < 4.78 is 5.97. The Labute approximate surface area is 111 Å². The Morgan fingerprint density at radius 2 is 2.18 bits per heavy atom. The maximum absolute atomic E-state index is 8.77. The smallest absolute Gasteiger partial charge is 0.238 e. The van der Waals surface area contributed by atoms with Crippen molar-refractivity contribution < 1.29 is 4.74 Å². The Morgan fingerprint density at radius 3 is 2.94 bits per heavy atom. The number of hydrogen-bond donors (Lipinski definition) is 0. The van der Waals surface area contributed by atoms with E-state index >= 15 is 0 Å². The average molecular weight is 311 g/mol. The van der Waals surface area contributed by atoms with Crippen molar-refractivity contribution in [2.75, 3.05) is 0 Å². The topological polar surface area (TPSA) is 58.8 Å². The quantitative estimate of drug-likeness (QED) is 0.796. The first-order chi connectivity index (χ1) is 8.20. The van der Waals surface area contributed by atoms with E-state index in [1.54, 1.807) is 24.3 Å². The summed E-state index contributed by atoms with van der Waals surface area (Å²) in [5.74, 6) is 0.819. The van der Waals surface area contributed by atoms with Crippen LogP contribution >= 0.6 is 27.5 Å². The highest BCUT2D eigenvalue weighted by molar-refractivity contribution is 9.10. The van der Waals surface area contributed by atoms with Crippen LogP contribution in [0, 0.1) is 11.3 Å². The van der Waals surface area contributed by atoms with Gasteiger partial charge in [-0.2, -0.15) is 5.26 Å². The molecule has 1 aromatic heterocycles. The summed E-state index contributed by atoms with van der Waals surface area (Å²) in [7, 11) is 0. The Hall–Kier alpha value is -1.64. The lowest BCUT2D eigenvalue weighted by Gasteiger charge is -2.06. The molecule has 0 aliphatic heterocycles. The third-order valence-electron chi connectivity index (χ3n) is 1.89. The first kappa shape index (κ1) is 11.8. The van der Waals surface area contributed by atoms with Gasteiger partial charge in [0.2, 0.25) is 5.88 Å². The first-order valence-electron chi connectivity index (χ1n) is 4.54. The lowest BCUT2D eigenvalue weighted by Crippen LogP contribution is -1.91. The molecular formula is C11H5BrClN3O. The second kappa shape index (κ2) is 5.13. The van der Waals surface area contributed by atoms with Crippen LogP contribution < -0.4 is 4.74 Å². The van der Waals surface area contributed by atoms with Crippen molar-refractivity contribution in [1.29, 1.82) is 5.26 Å². The molecule has 1 heterocycles. The summed E-state index contributed by atoms with van der Waals surface area (Å²) in [6.45, 7) is 0. The Kier molecular flexibility index (Phi) is 3.57. The molecule has 0 fully saturated rings. The number of aromatic nitrogens is 2. The van der Waals surface area contributed by atoms with Crippen molar-refractivity contribution in [3.8, 4) is 17.7 Å². The number of nitriles is 1. The number of halogens is 2. The van der Waals surface area contributed by atoms with E-state index in [0.717, 1.165) is 0 Å². The summed E-state index contributed by atoms with van der Waals surface area (Å²) in [5.41, 5.74) is 0.513. The van der Waals surface area contributed by atoms with Crippen LogP contribution in [0.2, 0.25) is 5.15 Å². The van der Waals surface area contributed by atoms with E-state index in [-0.39, 0.29) is 5.15 Å². The monoisotopic (exact) mass is 309 g/mol. The molecule has 0 radical (unpaired) electrons. The van der Waals surface area contributed by atoms with Crippen molar-refractivity contribution >= 4 is 27.5 Å². The standard InChI is InChI=1S/C11H5BrClN3O/c12-9-10(13)15-6-16-11(9)17-8-3-1-2-7(4-8)5-14/h1-4,6H. The first-order valence-corrected chi connectivity index (χ1v) is 5.72. The molecule has 0 unspecified atom stereocenters. The molecule has 2 rings (SSSR count). The lowest BCUT2D eigenvalue weighted by atomic mass is 10.2. The summed E-state index contributed by atoms with van der Waals surface area (Å²) in [5, 5.41) is 9.04. The van der Waals surface area contributed by atoms with Gasteiger partial charge in [0.15, 0.2) is 5.15 Å². The third kappa shape index (κ3) is 2.73. The minimum atomic E-state index is 0.270. The third-order valence-corrected chi connectivity index (χ3v) is 3.12. The molecule has 0 saturated carbocycles. The van der Waals surface area contributed by atoms with Gasteiger partial charge in [0, 0.05) is 0 Å². The Balaban J connectivity index is 2.32. The van der Waals surface area contributed by atoms with Crippen LogP contribution in [0.4, 0.5) is 0 Å². The van der Waals surface area contributed by atoms with Gasteiger partial charge in [-0.15, -0.1) is 0 Å². The maximum Gasteiger partial charge on any atom is 0.238 e. The molecule has 0 atom stereocenters. The predicted molar refractivity (Wildman–Crippen MR) is 66.0 cm³/mol. The fourth-order valence-corrected chi connectivity index (χ4v) is 1.56. The zero-order valence-corrected chi connectivity index (χ0v) is 10.7. The number of benzene rings is 1. The van der Waals surface area contributed by atoms with E-state index in [9.17, 15) is 0 Å². The van der Waals surface area contributed by atoms with Crippen LogP contribution in [0.15, 0.2) is 35.1 Å². The van der Waals surface area contributed by atoms with Crippen LogP contribution in [-0.4, -0.2) is 9.97 Å². The van der Waals surface area contributed by atoms with Crippen molar-refractivity contribution in [2.45, 2.75) is 0 Å². The molecule has 2 aromatic rings. The van der Waals surface area contributed by atoms with Gasteiger partial charge >= 0.3 is 0 Å². The zero-order chi connectivity index (χ0) is 12.3. The molecule has 0 aliphatic rings. The lowest BCUT2D eigenvalue weighted by molar-refractivity contribution is 0.458. The fraction of sp³-hybridized carbons (Fsp3) is 0. The van der Waals surface area contributed by atoms with Gasteiger partial charge in [0.1, 0.15) is 16.5 Å². The summed E-state index contributed by atoms with van der Waals surface area (Å²) in [6, 6.07) is 8.78. The largest absolute Gasteiger partial charge is 0.438 e. The molecule has 0 amide bonds. The minimum Gasteiger partial charge on any atom is -0.438 e. The summed E-state index contributed by atoms with van der Waals surface area (Å²) >= 11 is 9.03. The molecular weight excluding hydrogens is 305 g/mol. The van der Waals surface area contributed by atoms with Crippen molar-refractivity contribution in [3.63, 3.8) is 0 Å². The molecule has 0 N–H and O–H groups in total. The molecule has 0 spiro atoms. The predicted octanol–water partition coefficient (Wildman–Crippen LogP) is 3.56. The molecule has 4 nitrogen and oxygen atoms in total. The van der Waals surface area contributed by atoms with Crippen LogP contribution in [0.1, 0.15) is 5.56 Å². The van der Waals surface area contributed by atoms with Gasteiger partial charge in [-0.1, -0.05) is 17.7 Å². The van der Waals surface area contributed by atoms with Crippen LogP contribution in [0.3, 0.4) is 0 Å². The number of rotatable bonds is 2. The normalized spacial score (nSPS) is 9.71. The van der Waals surface area contributed by atoms with E-state index < -0.39 is 0 Å². The highest BCUT2D eigenvalue weighted by atomic mass is 79.9. The molecule has 17 heavy (non-hydrogen) atoms. The molecule has 0 bridgehead atoms.